The van der Waals surface area contributed by atoms with Gasteiger partial charge in [0.15, 0.2) is 0 Å². The summed E-state index contributed by atoms with van der Waals surface area (Å²) < 4.78 is 0. The predicted molar refractivity (Wildman–Crippen MR) is 111 cm³/mol. The van der Waals surface area contributed by atoms with E-state index in [1.165, 1.54) is 0 Å². The van der Waals surface area contributed by atoms with Gasteiger partial charge >= 0.3 is 0 Å². The summed E-state index contributed by atoms with van der Waals surface area (Å²) in [7, 11) is 0. The Morgan fingerprint density at radius 1 is 1.11 bits per heavy atom. The number of likely N-dealkylation sites (tertiary alicyclic amines) is 1. The van der Waals surface area contributed by atoms with Gasteiger partial charge in [0, 0.05) is 36.5 Å². The number of piperidine rings is 1. The van der Waals surface area contributed by atoms with Crippen molar-refractivity contribution in [3.8, 4) is 0 Å². The van der Waals surface area contributed by atoms with Gasteiger partial charge in [0.1, 0.15) is 0 Å². The molecule has 0 aliphatic carbocycles. The van der Waals surface area contributed by atoms with Crippen LogP contribution in [0.2, 0.25) is 0 Å². The van der Waals surface area contributed by atoms with E-state index in [0.29, 0.717) is 32.4 Å². The van der Waals surface area contributed by atoms with Gasteiger partial charge in [-0.2, -0.15) is 0 Å². The van der Waals surface area contributed by atoms with Crippen LogP contribution in [-0.2, 0) is 14.4 Å². The molecule has 1 unspecified atom stereocenters. The molecule has 0 aromatic heterocycles. The number of nitrogens with zero attached hydrogens (tertiary/aromatic N) is 1. The lowest BCUT2D eigenvalue weighted by molar-refractivity contribution is -0.142. The molecule has 1 heterocycles. The molecule has 1 aliphatic heterocycles. The van der Waals surface area contributed by atoms with Gasteiger partial charge in [-0.05, 0) is 37.5 Å². The molecule has 3 amide bonds. The average molecular weight is 388 g/mol. The van der Waals surface area contributed by atoms with Gasteiger partial charge in [-0.1, -0.05) is 39.8 Å². The van der Waals surface area contributed by atoms with E-state index in [1.807, 2.05) is 63.8 Å². The van der Waals surface area contributed by atoms with Gasteiger partial charge in [-0.3, -0.25) is 14.4 Å². The highest BCUT2D eigenvalue weighted by Crippen LogP contribution is 2.24. The highest BCUT2D eigenvalue weighted by atomic mass is 16.2. The molecular weight excluding hydrogens is 354 g/mol. The second-order valence-corrected chi connectivity index (χ2v) is 8.57. The quantitative estimate of drug-likeness (QED) is 0.812. The van der Waals surface area contributed by atoms with Gasteiger partial charge in [0.25, 0.3) is 0 Å². The molecule has 6 heteroatoms. The Bertz CT molecular complexity index is 699. The van der Waals surface area contributed by atoms with Crippen molar-refractivity contribution in [3.63, 3.8) is 0 Å². The molecule has 0 spiro atoms. The molecule has 0 saturated carbocycles. The average Bonchev–Trinajstić information content (AvgIpc) is 2.67. The Balaban J connectivity index is 1.86. The molecule has 1 aromatic rings. The van der Waals surface area contributed by atoms with E-state index in [2.05, 4.69) is 10.6 Å². The predicted octanol–water partition coefficient (Wildman–Crippen LogP) is 3.50. The molecule has 1 aromatic carbocycles. The SMILES string of the molecule is CCC(=O)Nc1ccc(C(C)NC(=O)C2CCN(C(=O)C(C)(C)C)CC2)cc1. The number of carbonyl (C=O) groups excluding carboxylic acids is 3. The van der Waals surface area contributed by atoms with Crippen molar-refractivity contribution in [1.82, 2.24) is 10.2 Å². The van der Waals surface area contributed by atoms with E-state index in [1.54, 1.807) is 0 Å². The van der Waals surface area contributed by atoms with Crippen LogP contribution < -0.4 is 10.6 Å². The zero-order valence-electron chi connectivity index (χ0n) is 17.7. The minimum absolute atomic E-state index is 0.0228. The topological polar surface area (TPSA) is 78.5 Å². The van der Waals surface area contributed by atoms with Crippen LogP contribution in [0.3, 0.4) is 0 Å². The van der Waals surface area contributed by atoms with Crippen molar-refractivity contribution in [1.29, 1.82) is 0 Å². The number of carbonyl (C=O) groups is 3. The minimum atomic E-state index is -0.383. The summed E-state index contributed by atoms with van der Waals surface area (Å²) in [5.41, 5.74) is 1.36. The fourth-order valence-electron chi connectivity index (χ4n) is 3.34. The summed E-state index contributed by atoms with van der Waals surface area (Å²) in [6.07, 6.45) is 1.83. The van der Waals surface area contributed by atoms with Crippen LogP contribution in [0.5, 0.6) is 0 Å². The van der Waals surface area contributed by atoms with Crippen molar-refractivity contribution < 1.29 is 14.4 Å². The second-order valence-electron chi connectivity index (χ2n) is 8.57. The van der Waals surface area contributed by atoms with Crippen LogP contribution >= 0.6 is 0 Å². The highest BCUT2D eigenvalue weighted by molar-refractivity contribution is 5.90. The lowest BCUT2D eigenvalue weighted by Gasteiger charge is -2.35. The van der Waals surface area contributed by atoms with E-state index in [-0.39, 0.29) is 35.1 Å². The zero-order chi connectivity index (χ0) is 20.9. The third kappa shape index (κ3) is 5.81. The van der Waals surface area contributed by atoms with Crippen molar-refractivity contribution >= 4 is 23.4 Å². The third-order valence-electron chi connectivity index (χ3n) is 5.17. The number of rotatable bonds is 5. The van der Waals surface area contributed by atoms with Gasteiger partial charge in [-0.25, -0.2) is 0 Å². The number of nitrogens with one attached hydrogen (secondary N) is 2. The summed E-state index contributed by atoms with van der Waals surface area (Å²) in [6.45, 7) is 10.8. The first kappa shape index (κ1) is 21.9. The van der Waals surface area contributed by atoms with Crippen molar-refractivity contribution in [2.45, 2.75) is 59.9 Å². The van der Waals surface area contributed by atoms with Crippen LogP contribution in [-0.4, -0.2) is 35.7 Å². The number of benzene rings is 1. The number of hydrogen-bond acceptors (Lipinski definition) is 3. The lowest BCUT2D eigenvalue weighted by Crippen LogP contribution is -2.46. The largest absolute Gasteiger partial charge is 0.349 e. The summed E-state index contributed by atoms with van der Waals surface area (Å²) in [6, 6.07) is 7.42. The van der Waals surface area contributed by atoms with Crippen LogP contribution in [0.4, 0.5) is 5.69 Å². The summed E-state index contributed by atoms with van der Waals surface area (Å²) >= 11 is 0. The van der Waals surface area contributed by atoms with Crippen LogP contribution in [0.25, 0.3) is 0 Å². The van der Waals surface area contributed by atoms with Crippen LogP contribution in [0, 0.1) is 11.3 Å². The van der Waals surface area contributed by atoms with Crippen LogP contribution in [0.1, 0.15) is 65.5 Å². The maximum Gasteiger partial charge on any atom is 0.227 e. The molecule has 28 heavy (non-hydrogen) atoms. The Morgan fingerprint density at radius 2 is 1.68 bits per heavy atom. The molecule has 2 N–H and O–H groups in total. The summed E-state index contributed by atoms with van der Waals surface area (Å²) in [5, 5.41) is 5.90. The monoisotopic (exact) mass is 387 g/mol. The fraction of sp³-hybridized carbons (Fsp3) is 0.591. The molecule has 1 aliphatic rings. The molecule has 6 nitrogen and oxygen atoms in total. The number of amides is 3. The van der Waals surface area contributed by atoms with Gasteiger partial charge < -0.3 is 15.5 Å². The fourth-order valence-corrected chi connectivity index (χ4v) is 3.34. The number of hydrogen-bond donors (Lipinski definition) is 2. The van der Waals surface area contributed by atoms with Gasteiger partial charge in [-0.15, -0.1) is 0 Å². The maximum atomic E-state index is 12.6. The second kappa shape index (κ2) is 9.22. The van der Waals surface area contributed by atoms with Gasteiger partial charge in [0.05, 0.1) is 6.04 Å². The molecule has 1 fully saturated rings. The zero-order valence-corrected chi connectivity index (χ0v) is 17.7. The van der Waals surface area contributed by atoms with Crippen molar-refractivity contribution in [2.24, 2.45) is 11.3 Å². The first-order valence-corrected chi connectivity index (χ1v) is 10.1. The van der Waals surface area contributed by atoms with Gasteiger partial charge in [0.2, 0.25) is 17.7 Å². The lowest BCUT2D eigenvalue weighted by atomic mass is 9.90. The Hall–Kier alpha value is -2.37. The molecule has 1 atom stereocenters. The molecule has 2 rings (SSSR count). The highest BCUT2D eigenvalue weighted by Gasteiger charge is 2.32. The maximum absolute atomic E-state index is 12.6. The normalized spacial score (nSPS) is 16.4. The number of anilines is 1. The molecule has 0 radical (unpaired) electrons. The molecule has 0 bridgehead atoms. The van der Waals surface area contributed by atoms with E-state index >= 15 is 0 Å². The Morgan fingerprint density at radius 3 is 2.18 bits per heavy atom. The van der Waals surface area contributed by atoms with Crippen molar-refractivity contribution in [2.75, 3.05) is 18.4 Å². The molecular formula is C22H33N3O3. The van der Waals surface area contributed by atoms with E-state index in [9.17, 15) is 14.4 Å². The minimum Gasteiger partial charge on any atom is -0.349 e. The summed E-state index contributed by atoms with van der Waals surface area (Å²) in [4.78, 5) is 38.3. The smallest absolute Gasteiger partial charge is 0.227 e. The van der Waals surface area contributed by atoms with E-state index in [4.69, 9.17) is 0 Å². The van der Waals surface area contributed by atoms with E-state index < -0.39 is 0 Å². The first-order chi connectivity index (χ1) is 13.1. The van der Waals surface area contributed by atoms with Crippen molar-refractivity contribution in [3.05, 3.63) is 29.8 Å². The summed E-state index contributed by atoms with van der Waals surface area (Å²) in [5.74, 6) is 0.105. The molecule has 154 valence electrons. The third-order valence-corrected chi connectivity index (χ3v) is 5.17. The first-order valence-electron chi connectivity index (χ1n) is 10.1. The Labute approximate surface area is 168 Å². The molecule has 1 saturated heterocycles. The van der Waals surface area contributed by atoms with E-state index in [0.717, 1.165) is 11.3 Å². The Kier molecular flexibility index (Phi) is 7.22. The standard InChI is InChI=1S/C22H33N3O3/c1-6-19(26)24-18-9-7-16(8-10-18)15(2)23-20(27)17-11-13-25(14-12-17)21(28)22(3,4)5/h7-10,15,17H,6,11-14H2,1-5H3,(H,23,27)(H,24,26). The van der Waals surface area contributed by atoms with Crippen LogP contribution in [0.15, 0.2) is 24.3 Å².